The molecule has 5 heteroatoms. The quantitative estimate of drug-likeness (QED) is 0.779. The number of benzene rings is 1. The summed E-state index contributed by atoms with van der Waals surface area (Å²) in [5, 5.41) is 2.49. The second-order valence-electron chi connectivity index (χ2n) is 2.95. The van der Waals surface area contributed by atoms with Gasteiger partial charge in [-0.3, -0.25) is 10.1 Å². The average molecular weight is 206 g/mol. The van der Waals surface area contributed by atoms with Crippen LogP contribution in [-0.4, -0.2) is 25.6 Å². The van der Waals surface area contributed by atoms with E-state index in [4.69, 9.17) is 9.47 Å². The first-order valence-electron chi connectivity index (χ1n) is 4.43. The maximum Gasteiger partial charge on any atom is 0.297 e. The first-order valence-corrected chi connectivity index (χ1v) is 4.43. The van der Waals surface area contributed by atoms with Gasteiger partial charge in [0.1, 0.15) is 5.75 Å². The van der Waals surface area contributed by atoms with E-state index in [0.717, 1.165) is 5.75 Å². The average Bonchev–Trinajstić information content (AvgIpc) is 2.65. The molecule has 1 aromatic rings. The van der Waals surface area contributed by atoms with Crippen molar-refractivity contribution in [2.24, 2.45) is 4.99 Å². The molecule has 1 fully saturated rings. The van der Waals surface area contributed by atoms with Gasteiger partial charge in [0.25, 0.3) is 11.9 Å². The van der Waals surface area contributed by atoms with Crippen molar-refractivity contribution in [2.75, 3.05) is 13.7 Å². The summed E-state index contributed by atoms with van der Waals surface area (Å²) in [4.78, 5) is 14.9. The summed E-state index contributed by atoms with van der Waals surface area (Å²) < 4.78 is 9.99. The van der Waals surface area contributed by atoms with Crippen LogP contribution in [0.5, 0.6) is 5.75 Å². The number of carbonyl (C=O) groups excluding carboxylic acids is 1. The lowest BCUT2D eigenvalue weighted by atomic mass is 10.3. The molecular weight excluding hydrogens is 196 g/mol. The monoisotopic (exact) mass is 206 g/mol. The highest BCUT2D eigenvalue weighted by Gasteiger charge is 2.16. The summed E-state index contributed by atoms with van der Waals surface area (Å²) in [6.45, 7) is 0.0367. The molecule has 5 nitrogen and oxygen atoms in total. The number of amidine groups is 1. The van der Waals surface area contributed by atoms with Gasteiger partial charge in [-0.25, -0.2) is 0 Å². The summed E-state index contributed by atoms with van der Waals surface area (Å²) in [7, 11) is 1.60. The zero-order valence-electron chi connectivity index (χ0n) is 8.19. The number of nitrogens with zero attached hydrogens (tertiary/aromatic N) is 1. The van der Waals surface area contributed by atoms with Crippen LogP contribution in [0.3, 0.4) is 0 Å². The Morgan fingerprint density at radius 2 is 2.13 bits per heavy atom. The van der Waals surface area contributed by atoms with Crippen LogP contribution < -0.4 is 10.1 Å². The molecule has 78 valence electrons. The van der Waals surface area contributed by atoms with Crippen LogP contribution in [-0.2, 0) is 9.53 Å². The number of ether oxygens (including phenoxy) is 2. The molecule has 0 aliphatic carbocycles. The van der Waals surface area contributed by atoms with Crippen molar-refractivity contribution in [1.29, 1.82) is 0 Å². The van der Waals surface area contributed by atoms with E-state index in [-0.39, 0.29) is 18.5 Å². The number of hydrogen-bond acceptors (Lipinski definition) is 4. The zero-order valence-corrected chi connectivity index (χ0v) is 8.19. The summed E-state index contributed by atoms with van der Waals surface area (Å²) in [5.41, 5.74) is 0.702. The van der Waals surface area contributed by atoms with Gasteiger partial charge in [-0.15, -0.1) is 0 Å². The van der Waals surface area contributed by atoms with Crippen molar-refractivity contribution in [3.8, 4) is 5.75 Å². The Labute approximate surface area is 86.7 Å². The molecule has 0 atom stereocenters. The van der Waals surface area contributed by atoms with Crippen LogP contribution in [0.15, 0.2) is 29.3 Å². The topological polar surface area (TPSA) is 59.9 Å². The van der Waals surface area contributed by atoms with Gasteiger partial charge < -0.3 is 9.47 Å². The summed E-state index contributed by atoms with van der Waals surface area (Å²) in [6, 6.07) is 7.37. The van der Waals surface area contributed by atoms with Gasteiger partial charge in [-0.1, -0.05) is 0 Å². The number of rotatable bonds is 2. The fourth-order valence-corrected chi connectivity index (χ4v) is 1.16. The third-order valence-electron chi connectivity index (χ3n) is 1.89. The minimum atomic E-state index is -0.178. The molecule has 0 radical (unpaired) electrons. The highest BCUT2D eigenvalue weighted by atomic mass is 16.5. The molecule has 1 heterocycles. The van der Waals surface area contributed by atoms with Crippen molar-refractivity contribution in [3.63, 3.8) is 0 Å². The second-order valence-corrected chi connectivity index (χ2v) is 2.95. The van der Waals surface area contributed by atoms with Gasteiger partial charge in [-0.05, 0) is 24.3 Å². The van der Waals surface area contributed by atoms with Gasteiger partial charge >= 0.3 is 0 Å². The van der Waals surface area contributed by atoms with Gasteiger partial charge in [0.05, 0.1) is 12.8 Å². The summed E-state index contributed by atoms with van der Waals surface area (Å²) >= 11 is 0. The van der Waals surface area contributed by atoms with Crippen LogP contribution in [0.1, 0.15) is 0 Å². The van der Waals surface area contributed by atoms with Gasteiger partial charge in [0.2, 0.25) is 0 Å². The number of carbonyl (C=O) groups is 1. The van der Waals surface area contributed by atoms with Crippen LogP contribution in [0.2, 0.25) is 0 Å². The van der Waals surface area contributed by atoms with Crippen molar-refractivity contribution in [2.45, 2.75) is 0 Å². The molecule has 1 aliphatic heterocycles. The predicted octanol–water partition coefficient (Wildman–Crippen LogP) is 0.829. The van der Waals surface area contributed by atoms with Crippen LogP contribution in [0, 0.1) is 0 Å². The Kier molecular flexibility index (Phi) is 2.53. The Balaban J connectivity index is 2.13. The van der Waals surface area contributed by atoms with E-state index in [9.17, 15) is 4.79 Å². The van der Waals surface area contributed by atoms with E-state index >= 15 is 0 Å². The molecule has 0 aromatic heterocycles. The largest absolute Gasteiger partial charge is 0.497 e. The van der Waals surface area contributed by atoms with E-state index in [1.54, 1.807) is 31.4 Å². The van der Waals surface area contributed by atoms with Crippen molar-refractivity contribution in [1.82, 2.24) is 5.32 Å². The summed E-state index contributed by atoms with van der Waals surface area (Å²) in [6.07, 6.45) is 0. The number of nitrogens with one attached hydrogen (secondary N) is 1. The predicted molar refractivity (Wildman–Crippen MR) is 54.2 cm³/mol. The second kappa shape index (κ2) is 4.00. The molecular formula is C10H10N2O3. The minimum Gasteiger partial charge on any atom is -0.497 e. The van der Waals surface area contributed by atoms with Crippen LogP contribution in [0.4, 0.5) is 5.69 Å². The lowest BCUT2D eigenvalue weighted by Crippen LogP contribution is -2.20. The number of methoxy groups -OCH3 is 1. The lowest BCUT2D eigenvalue weighted by Gasteiger charge is -1.99. The smallest absolute Gasteiger partial charge is 0.297 e. The third kappa shape index (κ3) is 2.25. The van der Waals surface area contributed by atoms with E-state index < -0.39 is 0 Å². The lowest BCUT2D eigenvalue weighted by molar-refractivity contribution is -0.119. The Hall–Kier alpha value is -2.04. The van der Waals surface area contributed by atoms with Gasteiger partial charge in [-0.2, -0.15) is 4.99 Å². The van der Waals surface area contributed by atoms with Gasteiger partial charge in [0.15, 0.2) is 6.61 Å². The van der Waals surface area contributed by atoms with Crippen molar-refractivity contribution in [3.05, 3.63) is 24.3 Å². The highest BCUT2D eigenvalue weighted by Crippen LogP contribution is 2.17. The van der Waals surface area contributed by atoms with E-state index in [0.29, 0.717) is 5.69 Å². The molecule has 1 aromatic carbocycles. The van der Waals surface area contributed by atoms with Gasteiger partial charge in [0, 0.05) is 0 Å². The van der Waals surface area contributed by atoms with Crippen LogP contribution in [0.25, 0.3) is 0 Å². The molecule has 0 bridgehead atoms. The molecule has 0 saturated carbocycles. The van der Waals surface area contributed by atoms with E-state index in [1.807, 2.05) is 0 Å². The van der Waals surface area contributed by atoms with Crippen molar-refractivity contribution >= 4 is 17.6 Å². The van der Waals surface area contributed by atoms with E-state index in [2.05, 4.69) is 10.3 Å². The fraction of sp³-hybridized carbons (Fsp3) is 0.200. The Bertz CT molecular complexity index is 398. The SMILES string of the molecule is COc1ccc(N=C2NC(=O)CO2)cc1. The number of amides is 1. The van der Waals surface area contributed by atoms with Crippen LogP contribution >= 0.6 is 0 Å². The molecule has 1 aliphatic rings. The Morgan fingerprint density at radius 1 is 1.40 bits per heavy atom. The van der Waals surface area contributed by atoms with Crippen molar-refractivity contribution < 1.29 is 14.3 Å². The maximum absolute atomic E-state index is 10.8. The molecule has 1 amide bonds. The maximum atomic E-state index is 10.8. The number of hydrogen-bond donors (Lipinski definition) is 1. The normalized spacial score (nSPS) is 17.4. The standard InChI is InChI=1S/C10H10N2O3/c1-14-8-4-2-7(3-5-8)11-10-12-9(13)6-15-10/h2-5H,6H2,1H3,(H,11,12,13). The third-order valence-corrected chi connectivity index (χ3v) is 1.89. The van der Waals surface area contributed by atoms with E-state index in [1.165, 1.54) is 0 Å². The molecule has 2 rings (SSSR count). The Morgan fingerprint density at radius 3 is 2.67 bits per heavy atom. The zero-order chi connectivity index (χ0) is 10.7. The molecule has 0 unspecified atom stereocenters. The fourth-order valence-electron chi connectivity index (χ4n) is 1.16. The number of aliphatic imine (C=N–C) groups is 1. The minimum absolute atomic E-state index is 0.0367. The summed E-state index contributed by atoms with van der Waals surface area (Å²) in [5.74, 6) is 0.581. The highest BCUT2D eigenvalue weighted by molar-refractivity contribution is 6.00. The molecule has 1 saturated heterocycles. The molecule has 15 heavy (non-hydrogen) atoms. The molecule has 0 spiro atoms. The first kappa shape index (κ1) is 9.51. The molecule has 1 N–H and O–H groups in total. The first-order chi connectivity index (χ1) is 7.28.